The van der Waals surface area contributed by atoms with Crippen LogP contribution in [-0.4, -0.2) is 30.1 Å². The molecule has 0 saturated heterocycles. The molecule has 1 N–H and O–H groups in total. The first kappa shape index (κ1) is 14.7. The first-order chi connectivity index (χ1) is 8.67. The van der Waals surface area contributed by atoms with E-state index in [-0.39, 0.29) is 0 Å². The maximum Gasteiger partial charge on any atom is 0.224 e. The van der Waals surface area contributed by atoms with Gasteiger partial charge in [-0.2, -0.15) is 4.98 Å². The molecule has 1 rings (SSSR count). The van der Waals surface area contributed by atoms with Crippen LogP contribution in [0.25, 0.3) is 0 Å². The second-order valence-corrected chi connectivity index (χ2v) is 4.75. The van der Waals surface area contributed by atoms with Gasteiger partial charge in [0.05, 0.1) is 0 Å². The van der Waals surface area contributed by atoms with Crippen molar-refractivity contribution in [2.75, 3.05) is 30.4 Å². The number of nitrogens with zero attached hydrogens (tertiary/aromatic N) is 3. The van der Waals surface area contributed by atoms with Gasteiger partial charge in [-0.05, 0) is 19.8 Å². The third-order valence-electron chi connectivity index (χ3n) is 2.89. The summed E-state index contributed by atoms with van der Waals surface area (Å²) >= 11 is 0. The molecule has 4 heteroatoms. The molecule has 1 aromatic heterocycles. The van der Waals surface area contributed by atoms with E-state index in [1.165, 1.54) is 19.3 Å². The van der Waals surface area contributed by atoms with E-state index in [0.29, 0.717) is 0 Å². The van der Waals surface area contributed by atoms with Crippen molar-refractivity contribution in [3.05, 3.63) is 11.8 Å². The molecule has 1 aromatic rings. The van der Waals surface area contributed by atoms with Crippen LogP contribution >= 0.6 is 0 Å². The van der Waals surface area contributed by atoms with Gasteiger partial charge in [0.1, 0.15) is 5.82 Å². The summed E-state index contributed by atoms with van der Waals surface area (Å²) in [7, 11) is 2.09. The van der Waals surface area contributed by atoms with E-state index in [2.05, 4.69) is 41.1 Å². The minimum Gasteiger partial charge on any atom is -0.360 e. The lowest BCUT2D eigenvalue weighted by Gasteiger charge is -2.19. The third kappa shape index (κ3) is 4.90. The summed E-state index contributed by atoms with van der Waals surface area (Å²) in [4.78, 5) is 11.2. The monoisotopic (exact) mass is 250 g/mol. The van der Waals surface area contributed by atoms with Gasteiger partial charge >= 0.3 is 0 Å². The Kier molecular flexibility index (Phi) is 6.47. The molecule has 0 atom stereocenters. The Morgan fingerprint density at radius 2 is 1.89 bits per heavy atom. The minimum atomic E-state index is 0.752. The average Bonchev–Trinajstić information content (AvgIpc) is 2.35. The van der Waals surface area contributed by atoms with Gasteiger partial charge in [0.2, 0.25) is 5.95 Å². The average molecular weight is 250 g/mol. The molecule has 0 radical (unpaired) electrons. The van der Waals surface area contributed by atoms with Gasteiger partial charge in [-0.25, -0.2) is 4.98 Å². The van der Waals surface area contributed by atoms with Crippen molar-refractivity contribution >= 4 is 11.8 Å². The highest BCUT2D eigenvalue weighted by Gasteiger charge is 2.06. The number of rotatable bonds is 8. The van der Waals surface area contributed by atoms with Crippen molar-refractivity contribution in [1.82, 2.24) is 9.97 Å². The summed E-state index contributed by atoms with van der Waals surface area (Å²) in [5.41, 5.74) is 1.02. The Labute approximate surface area is 111 Å². The maximum absolute atomic E-state index is 4.56. The van der Waals surface area contributed by atoms with Gasteiger partial charge in [-0.1, -0.05) is 26.7 Å². The lowest BCUT2D eigenvalue weighted by Crippen LogP contribution is -2.20. The summed E-state index contributed by atoms with van der Waals surface area (Å²) in [6.45, 7) is 8.39. The van der Waals surface area contributed by atoms with Gasteiger partial charge in [0.15, 0.2) is 0 Å². The third-order valence-corrected chi connectivity index (χ3v) is 2.89. The van der Waals surface area contributed by atoms with E-state index in [1.807, 2.05) is 13.0 Å². The first-order valence-electron chi connectivity index (χ1n) is 6.98. The number of anilines is 2. The second-order valence-electron chi connectivity index (χ2n) is 4.75. The van der Waals surface area contributed by atoms with Crippen LogP contribution in [0.2, 0.25) is 0 Å². The minimum absolute atomic E-state index is 0.752. The molecular formula is C14H26N4. The van der Waals surface area contributed by atoms with Crippen LogP contribution in [-0.2, 0) is 0 Å². The van der Waals surface area contributed by atoms with Crippen molar-refractivity contribution in [2.24, 2.45) is 0 Å². The lowest BCUT2D eigenvalue weighted by atomic mass is 10.3. The molecule has 0 aliphatic carbocycles. The highest BCUT2D eigenvalue weighted by molar-refractivity contribution is 5.43. The van der Waals surface area contributed by atoms with Gasteiger partial charge in [-0.3, -0.25) is 0 Å². The number of aromatic nitrogens is 2. The normalized spacial score (nSPS) is 10.4. The van der Waals surface area contributed by atoms with Crippen LogP contribution < -0.4 is 10.2 Å². The summed E-state index contributed by atoms with van der Waals surface area (Å²) in [6, 6.07) is 2.04. The summed E-state index contributed by atoms with van der Waals surface area (Å²) in [5.74, 6) is 1.76. The molecule has 0 aliphatic heterocycles. The van der Waals surface area contributed by atoms with Crippen LogP contribution in [0, 0.1) is 6.92 Å². The molecule has 0 aliphatic rings. The van der Waals surface area contributed by atoms with E-state index in [1.54, 1.807) is 0 Å². The van der Waals surface area contributed by atoms with E-state index in [4.69, 9.17) is 0 Å². The predicted molar refractivity (Wildman–Crippen MR) is 78.3 cm³/mol. The van der Waals surface area contributed by atoms with Crippen molar-refractivity contribution in [2.45, 2.75) is 46.5 Å². The van der Waals surface area contributed by atoms with Crippen LogP contribution in [0.5, 0.6) is 0 Å². The Balaban J connectivity index is 2.67. The first-order valence-corrected chi connectivity index (χ1v) is 6.98. The fourth-order valence-electron chi connectivity index (χ4n) is 1.71. The second kappa shape index (κ2) is 7.90. The molecule has 18 heavy (non-hydrogen) atoms. The number of unbranched alkanes of at least 4 members (excludes halogenated alkanes) is 2. The zero-order valence-corrected chi connectivity index (χ0v) is 12.2. The standard InChI is InChI=1S/C14H26N4/c1-5-7-9-15-14-16-12(3)11-13(17-14)18(4)10-8-6-2/h11H,5-10H2,1-4H3,(H,15,16,17). The van der Waals surface area contributed by atoms with E-state index in [9.17, 15) is 0 Å². The molecule has 0 unspecified atom stereocenters. The zero-order chi connectivity index (χ0) is 13.4. The molecule has 102 valence electrons. The Bertz CT molecular complexity index is 352. The van der Waals surface area contributed by atoms with Gasteiger partial charge in [-0.15, -0.1) is 0 Å². The van der Waals surface area contributed by atoms with Crippen LogP contribution in [0.1, 0.15) is 45.2 Å². The van der Waals surface area contributed by atoms with Crippen molar-refractivity contribution in [1.29, 1.82) is 0 Å². The maximum atomic E-state index is 4.56. The topological polar surface area (TPSA) is 41.1 Å². The molecule has 0 fully saturated rings. The smallest absolute Gasteiger partial charge is 0.224 e. The quantitative estimate of drug-likeness (QED) is 0.719. The lowest BCUT2D eigenvalue weighted by molar-refractivity contribution is 0.756. The fraction of sp³-hybridized carbons (Fsp3) is 0.714. The fourth-order valence-corrected chi connectivity index (χ4v) is 1.71. The highest BCUT2D eigenvalue weighted by Crippen LogP contribution is 2.14. The number of aryl methyl sites for hydroxylation is 1. The van der Waals surface area contributed by atoms with Crippen LogP contribution in [0.15, 0.2) is 6.07 Å². The number of hydrogen-bond acceptors (Lipinski definition) is 4. The molecule has 0 amide bonds. The molecule has 0 saturated carbocycles. The molecule has 0 bridgehead atoms. The van der Waals surface area contributed by atoms with Gasteiger partial charge in [0.25, 0.3) is 0 Å². The highest BCUT2D eigenvalue weighted by atomic mass is 15.2. The van der Waals surface area contributed by atoms with E-state index in [0.717, 1.165) is 37.0 Å². The Morgan fingerprint density at radius 1 is 1.17 bits per heavy atom. The number of nitrogens with one attached hydrogen (secondary N) is 1. The molecule has 1 heterocycles. The van der Waals surface area contributed by atoms with E-state index >= 15 is 0 Å². The summed E-state index contributed by atoms with van der Waals surface area (Å²) in [6.07, 6.45) is 4.73. The molecule has 0 aromatic carbocycles. The molecule has 4 nitrogen and oxygen atoms in total. The summed E-state index contributed by atoms with van der Waals surface area (Å²) in [5, 5.41) is 3.29. The van der Waals surface area contributed by atoms with E-state index < -0.39 is 0 Å². The van der Waals surface area contributed by atoms with Crippen molar-refractivity contribution in [3.63, 3.8) is 0 Å². The SMILES string of the molecule is CCCCNc1nc(C)cc(N(C)CCCC)n1. The Hall–Kier alpha value is -1.32. The van der Waals surface area contributed by atoms with Crippen molar-refractivity contribution in [3.8, 4) is 0 Å². The van der Waals surface area contributed by atoms with Gasteiger partial charge < -0.3 is 10.2 Å². The largest absolute Gasteiger partial charge is 0.360 e. The Morgan fingerprint density at radius 3 is 2.56 bits per heavy atom. The van der Waals surface area contributed by atoms with Crippen LogP contribution in [0.4, 0.5) is 11.8 Å². The predicted octanol–water partition coefficient (Wildman–Crippen LogP) is 3.23. The zero-order valence-electron chi connectivity index (χ0n) is 12.2. The van der Waals surface area contributed by atoms with Gasteiger partial charge in [0, 0.05) is 31.9 Å². The number of hydrogen-bond donors (Lipinski definition) is 1. The van der Waals surface area contributed by atoms with Crippen LogP contribution in [0.3, 0.4) is 0 Å². The summed E-state index contributed by atoms with van der Waals surface area (Å²) < 4.78 is 0. The molecule has 0 spiro atoms. The van der Waals surface area contributed by atoms with Crippen molar-refractivity contribution < 1.29 is 0 Å². The molecular weight excluding hydrogens is 224 g/mol.